The van der Waals surface area contributed by atoms with Crippen molar-refractivity contribution in [1.82, 2.24) is 0 Å². The first-order chi connectivity index (χ1) is 9.11. The fourth-order valence-corrected chi connectivity index (χ4v) is 3.27. The standard InChI is InChI=1S/C16H11ClO2/c1-2-16-7-10-4-3-5-13(17)15(10)12(16)6-14(19)11(8-16)9-18/h1,3-6,9,18H,7-8H2. The predicted octanol–water partition coefficient (Wildman–Crippen LogP) is 3.31. The maximum absolute atomic E-state index is 11.9. The van der Waals surface area contributed by atoms with E-state index in [2.05, 4.69) is 5.92 Å². The fraction of sp³-hybridized carbons (Fsp3) is 0.188. The molecule has 0 saturated carbocycles. The van der Waals surface area contributed by atoms with E-state index in [0.29, 0.717) is 23.4 Å². The summed E-state index contributed by atoms with van der Waals surface area (Å²) < 4.78 is 0. The van der Waals surface area contributed by atoms with Gasteiger partial charge in [-0.15, -0.1) is 6.42 Å². The summed E-state index contributed by atoms with van der Waals surface area (Å²) in [6.07, 6.45) is 9.10. The quantitative estimate of drug-likeness (QED) is 0.446. The number of fused-ring (bicyclic) bond motifs is 3. The molecule has 0 aromatic heterocycles. The first-order valence-electron chi connectivity index (χ1n) is 5.96. The van der Waals surface area contributed by atoms with Gasteiger partial charge >= 0.3 is 0 Å². The average molecular weight is 271 g/mol. The summed E-state index contributed by atoms with van der Waals surface area (Å²) in [6, 6.07) is 5.66. The number of rotatable bonds is 0. The maximum Gasteiger partial charge on any atom is 0.185 e. The number of hydrogen-bond acceptors (Lipinski definition) is 2. The largest absolute Gasteiger partial charge is 0.515 e. The summed E-state index contributed by atoms with van der Waals surface area (Å²) in [5.41, 5.74) is 2.54. The van der Waals surface area contributed by atoms with E-state index in [1.165, 1.54) is 6.08 Å². The lowest BCUT2D eigenvalue weighted by molar-refractivity contribution is -0.111. The van der Waals surface area contributed by atoms with E-state index < -0.39 is 5.41 Å². The normalized spacial score (nSPS) is 26.6. The number of aliphatic hydroxyl groups is 1. The van der Waals surface area contributed by atoms with Gasteiger partial charge in [-0.1, -0.05) is 29.7 Å². The van der Waals surface area contributed by atoms with Gasteiger partial charge in [0.15, 0.2) is 5.78 Å². The number of carbonyl (C=O) groups excluding carboxylic acids is 1. The van der Waals surface area contributed by atoms with Gasteiger partial charge in [-0.3, -0.25) is 4.79 Å². The molecule has 0 aliphatic heterocycles. The van der Waals surface area contributed by atoms with Crippen molar-refractivity contribution >= 4 is 23.0 Å². The Hall–Kier alpha value is -1.98. The van der Waals surface area contributed by atoms with Crippen LogP contribution in [0.3, 0.4) is 0 Å². The Bertz CT molecular complexity index is 691. The average Bonchev–Trinajstić information content (AvgIpc) is 2.73. The zero-order valence-corrected chi connectivity index (χ0v) is 10.9. The summed E-state index contributed by atoms with van der Waals surface area (Å²) in [5, 5.41) is 9.77. The van der Waals surface area contributed by atoms with Crippen LogP contribution in [0.5, 0.6) is 0 Å². The van der Waals surface area contributed by atoms with E-state index >= 15 is 0 Å². The van der Waals surface area contributed by atoms with Crippen molar-refractivity contribution in [1.29, 1.82) is 0 Å². The molecule has 1 aromatic carbocycles. The van der Waals surface area contributed by atoms with Crippen molar-refractivity contribution in [2.75, 3.05) is 0 Å². The summed E-state index contributed by atoms with van der Waals surface area (Å²) in [7, 11) is 0. The Balaban J connectivity index is 2.28. The number of aliphatic hydroxyl groups excluding tert-OH is 1. The van der Waals surface area contributed by atoms with Crippen molar-refractivity contribution in [3.63, 3.8) is 0 Å². The highest BCUT2D eigenvalue weighted by atomic mass is 35.5. The molecule has 3 heteroatoms. The molecule has 1 unspecified atom stereocenters. The Labute approximate surface area is 116 Å². The summed E-state index contributed by atoms with van der Waals surface area (Å²) in [4.78, 5) is 11.9. The predicted molar refractivity (Wildman–Crippen MR) is 74.7 cm³/mol. The second kappa shape index (κ2) is 4.01. The van der Waals surface area contributed by atoms with Crippen molar-refractivity contribution < 1.29 is 9.90 Å². The summed E-state index contributed by atoms with van der Waals surface area (Å²) in [5.74, 6) is 2.61. The highest BCUT2D eigenvalue weighted by Crippen LogP contribution is 2.54. The van der Waals surface area contributed by atoms with Crippen molar-refractivity contribution in [3.05, 3.63) is 52.3 Å². The van der Waals surface area contributed by atoms with Gasteiger partial charge in [0.1, 0.15) is 0 Å². The van der Waals surface area contributed by atoms with Crippen molar-refractivity contribution in [3.8, 4) is 12.3 Å². The number of carbonyl (C=O) groups is 1. The Kier molecular flexibility index (Phi) is 2.55. The van der Waals surface area contributed by atoms with Crippen molar-refractivity contribution in [2.24, 2.45) is 5.41 Å². The molecule has 0 radical (unpaired) electrons. The van der Waals surface area contributed by atoms with E-state index in [4.69, 9.17) is 23.1 Å². The number of hydrogen-bond donors (Lipinski definition) is 1. The molecule has 2 nitrogen and oxygen atoms in total. The number of allylic oxidation sites excluding steroid dienone is 3. The number of halogens is 1. The lowest BCUT2D eigenvalue weighted by atomic mass is 9.71. The third-order valence-corrected chi connectivity index (χ3v) is 4.21. The van der Waals surface area contributed by atoms with Crippen LogP contribution in [0, 0.1) is 17.8 Å². The number of benzene rings is 1. The second-order valence-corrected chi connectivity index (χ2v) is 5.34. The van der Waals surface area contributed by atoms with E-state index in [9.17, 15) is 4.79 Å². The molecule has 1 N–H and O–H groups in total. The van der Waals surface area contributed by atoms with Crippen LogP contribution in [-0.2, 0) is 11.2 Å². The molecule has 0 spiro atoms. The molecule has 0 heterocycles. The van der Waals surface area contributed by atoms with E-state index in [1.807, 2.05) is 12.1 Å². The molecular formula is C16H11ClO2. The first kappa shape index (κ1) is 12.1. The van der Waals surface area contributed by atoms with Crippen LogP contribution in [-0.4, -0.2) is 10.9 Å². The Morgan fingerprint density at radius 3 is 2.89 bits per heavy atom. The van der Waals surface area contributed by atoms with Crippen LogP contribution in [0.25, 0.3) is 5.57 Å². The van der Waals surface area contributed by atoms with Crippen molar-refractivity contribution in [2.45, 2.75) is 12.8 Å². The smallest absolute Gasteiger partial charge is 0.185 e. The van der Waals surface area contributed by atoms with Gasteiger partial charge in [-0.25, -0.2) is 0 Å². The van der Waals surface area contributed by atoms with Gasteiger partial charge in [0.2, 0.25) is 0 Å². The van der Waals surface area contributed by atoms with Gasteiger partial charge in [-0.05, 0) is 29.7 Å². The number of terminal acetylenes is 1. The monoisotopic (exact) mass is 270 g/mol. The minimum absolute atomic E-state index is 0.198. The van der Waals surface area contributed by atoms with Crippen LogP contribution >= 0.6 is 11.6 Å². The maximum atomic E-state index is 11.9. The van der Waals surface area contributed by atoms with E-state index in [1.54, 1.807) is 6.07 Å². The second-order valence-electron chi connectivity index (χ2n) is 4.93. The summed E-state index contributed by atoms with van der Waals surface area (Å²) >= 11 is 6.24. The molecule has 0 fully saturated rings. The molecule has 94 valence electrons. The van der Waals surface area contributed by atoms with Crippen LogP contribution in [0.4, 0.5) is 0 Å². The van der Waals surface area contributed by atoms with E-state index in [-0.39, 0.29) is 5.78 Å². The third-order valence-electron chi connectivity index (χ3n) is 3.89. The Morgan fingerprint density at radius 1 is 1.42 bits per heavy atom. The summed E-state index contributed by atoms with van der Waals surface area (Å²) in [6.45, 7) is 0. The SMILES string of the molecule is C#CC12CC(=CO)C(=O)C=C1c1c(Cl)cccc1C2. The van der Waals surface area contributed by atoms with Gasteiger partial charge in [0.25, 0.3) is 0 Å². The lowest BCUT2D eigenvalue weighted by Crippen LogP contribution is -2.25. The zero-order chi connectivity index (χ0) is 13.6. The lowest BCUT2D eigenvalue weighted by Gasteiger charge is -2.29. The number of ketones is 1. The molecule has 1 aromatic rings. The molecule has 2 aliphatic rings. The van der Waals surface area contributed by atoms with E-state index in [0.717, 1.165) is 23.0 Å². The van der Waals surface area contributed by atoms with Gasteiger partial charge in [-0.2, -0.15) is 0 Å². The van der Waals surface area contributed by atoms with Gasteiger partial charge in [0, 0.05) is 22.6 Å². The molecule has 2 aliphatic carbocycles. The molecule has 19 heavy (non-hydrogen) atoms. The molecule has 0 bridgehead atoms. The van der Waals surface area contributed by atoms with Crippen LogP contribution in [0.2, 0.25) is 5.02 Å². The highest BCUT2D eigenvalue weighted by Gasteiger charge is 2.45. The molecule has 0 amide bonds. The molecule has 1 atom stereocenters. The first-order valence-corrected chi connectivity index (χ1v) is 6.34. The van der Waals surface area contributed by atoms with Crippen LogP contribution < -0.4 is 0 Å². The molecular weight excluding hydrogens is 260 g/mol. The van der Waals surface area contributed by atoms with Crippen LogP contribution in [0.15, 0.2) is 36.1 Å². The van der Waals surface area contributed by atoms with Gasteiger partial charge in [0.05, 0.1) is 11.7 Å². The highest BCUT2D eigenvalue weighted by molar-refractivity contribution is 6.33. The third kappa shape index (κ3) is 1.55. The minimum Gasteiger partial charge on any atom is -0.515 e. The Morgan fingerprint density at radius 2 is 2.21 bits per heavy atom. The molecule has 3 rings (SSSR count). The fourth-order valence-electron chi connectivity index (χ4n) is 2.97. The molecule has 0 saturated heterocycles. The minimum atomic E-state index is -0.560. The zero-order valence-electron chi connectivity index (χ0n) is 10.1. The van der Waals surface area contributed by atoms with Crippen LogP contribution in [0.1, 0.15) is 17.5 Å². The van der Waals surface area contributed by atoms with Gasteiger partial charge < -0.3 is 5.11 Å². The topological polar surface area (TPSA) is 37.3 Å².